The fraction of sp³-hybridized carbons (Fsp3) is 0.556. The average molecular weight is 333 g/mol. The van der Waals surface area contributed by atoms with E-state index in [-0.39, 0.29) is 6.04 Å². The maximum atomic E-state index is 11.6. The van der Waals surface area contributed by atoms with Crippen molar-refractivity contribution >= 4 is 17.5 Å². The van der Waals surface area contributed by atoms with Crippen LogP contribution < -0.4 is 15.5 Å². The molecule has 2 rings (SSSR count). The van der Waals surface area contributed by atoms with Crippen molar-refractivity contribution in [1.82, 2.24) is 10.6 Å². The van der Waals surface area contributed by atoms with Crippen molar-refractivity contribution in [3.8, 4) is 0 Å². The van der Waals surface area contributed by atoms with Crippen molar-refractivity contribution in [2.75, 3.05) is 37.7 Å². The van der Waals surface area contributed by atoms with E-state index >= 15 is 0 Å². The minimum atomic E-state index is -0.570. The number of carbonyl (C=O) groups is 2. The molecule has 0 bridgehead atoms. The number of anilines is 1. The van der Waals surface area contributed by atoms with Gasteiger partial charge in [-0.1, -0.05) is 12.1 Å². The molecule has 0 unspecified atom stereocenters. The summed E-state index contributed by atoms with van der Waals surface area (Å²) in [5, 5.41) is 5.22. The molecule has 132 valence electrons. The molecule has 6 heteroatoms. The van der Waals surface area contributed by atoms with Crippen molar-refractivity contribution < 1.29 is 14.3 Å². The maximum Gasteiger partial charge on any atom is 0.309 e. The summed E-state index contributed by atoms with van der Waals surface area (Å²) < 4.78 is 5.36. The fourth-order valence-electron chi connectivity index (χ4n) is 2.60. The smallest absolute Gasteiger partial charge is 0.309 e. The highest BCUT2D eigenvalue weighted by Gasteiger charge is 2.13. The first-order chi connectivity index (χ1) is 11.6. The first kappa shape index (κ1) is 18.3. The van der Waals surface area contributed by atoms with Gasteiger partial charge in [-0.15, -0.1) is 0 Å². The molecule has 1 aliphatic rings. The lowest BCUT2D eigenvalue weighted by atomic mass is 10.1. The summed E-state index contributed by atoms with van der Waals surface area (Å²) in [7, 11) is 0. The van der Waals surface area contributed by atoms with Gasteiger partial charge in [-0.2, -0.15) is 0 Å². The Kier molecular flexibility index (Phi) is 7.06. The molecule has 0 aromatic heterocycles. The minimum Gasteiger partial charge on any atom is -0.378 e. The van der Waals surface area contributed by atoms with Gasteiger partial charge >= 0.3 is 11.8 Å². The molecular formula is C18H27N3O3. The molecule has 1 heterocycles. The maximum absolute atomic E-state index is 11.6. The number of hydrogen-bond donors (Lipinski definition) is 2. The number of amides is 2. The number of hydrogen-bond acceptors (Lipinski definition) is 4. The predicted octanol–water partition coefficient (Wildman–Crippen LogP) is 1.10. The van der Waals surface area contributed by atoms with Crippen molar-refractivity contribution in [1.29, 1.82) is 0 Å². The standard InChI is InChI=1S/C18H27N3O3/c1-14(2)20-18(23)17(22)19-9-3-4-15-5-7-16(8-6-15)21-10-12-24-13-11-21/h5-8,14H,3-4,9-13H2,1-2H3,(H,19,22)(H,20,23). The SMILES string of the molecule is CC(C)NC(=O)C(=O)NCCCc1ccc(N2CCOCC2)cc1. The summed E-state index contributed by atoms with van der Waals surface area (Å²) in [6.45, 7) is 7.58. The Hall–Kier alpha value is -2.08. The summed E-state index contributed by atoms with van der Waals surface area (Å²) in [5.74, 6) is -1.13. The van der Waals surface area contributed by atoms with Gasteiger partial charge in [0.2, 0.25) is 0 Å². The molecule has 6 nitrogen and oxygen atoms in total. The third-order valence-corrected chi connectivity index (χ3v) is 3.87. The molecule has 24 heavy (non-hydrogen) atoms. The third-order valence-electron chi connectivity index (χ3n) is 3.87. The van der Waals surface area contributed by atoms with Crippen molar-refractivity contribution in [2.24, 2.45) is 0 Å². The van der Waals surface area contributed by atoms with E-state index < -0.39 is 11.8 Å². The van der Waals surface area contributed by atoms with E-state index in [9.17, 15) is 9.59 Å². The van der Waals surface area contributed by atoms with Crippen LogP contribution in [0.4, 0.5) is 5.69 Å². The van der Waals surface area contributed by atoms with Gasteiger partial charge in [0.1, 0.15) is 0 Å². The van der Waals surface area contributed by atoms with Gasteiger partial charge < -0.3 is 20.3 Å². The van der Waals surface area contributed by atoms with Gasteiger partial charge in [0, 0.05) is 31.4 Å². The Morgan fingerprint density at radius 3 is 2.42 bits per heavy atom. The van der Waals surface area contributed by atoms with E-state index in [0.29, 0.717) is 6.54 Å². The second-order valence-corrected chi connectivity index (χ2v) is 6.25. The zero-order valence-electron chi connectivity index (χ0n) is 14.5. The van der Waals surface area contributed by atoms with E-state index in [1.54, 1.807) is 0 Å². The minimum absolute atomic E-state index is 0.0340. The molecule has 1 fully saturated rings. The van der Waals surface area contributed by atoms with Crippen LogP contribution in [0.1, 0.15) is 25.8 Å². The molecule has 1 saturated heterocycles. The van der Waals surface area contributed by atoms with E-state index in [4.69, 9.17) is 4.74 Å². The summed E-state index contributed by atoms with van der Waals surface area (Å²) >= 11 is 0. The summed E-state index contributed by atoms with van der Waals surface area (Å²) in [6.07, 6.45) is 1.67. The molecule has 2 N–H and O–H groups in total. The molecule has 1 aromatic rings. The number of benzene rings is 1. The fourth-order valence-corrected chi connectivity index (χ4v) is 2.60. The second kappa shape index (κ2) is 9.27. The molecule has 1 aromatic carbocycles. The molecule has 1 aliphatic heterocycles. The number of morpholine rings is 1. The lowest BCUT2D eigenvalue weighted by molar-refractivity contribution is -0.139. The van der Waals surface area contributed by atoms with E-state index in [1.165, 1.54) is 11.3 Å². The molecule has 0 spiro atoms. The number of ether oxygens (including phenoxy) is 1. The predicted molar refractivity (Wildman–Crippen MR) is 94.1 cm³/mol. The monoisotopic (exact) mass is 333 g/mol. The molecule has 0 aliphatic carbocycles. The highest BCUT2D eigenvalue weighted by molar-refractivity contribution is 6.35. The number of nitrogens with one attached hydrogen (secondary N) is 2. The second-order valence-electron chi connectivity index (χ2n) is 6.25. The van der Waals surface area contributed by atoms with Gasteiger partial charge in [0.25, 0.3) is 0 Å². The topological polar surface area (TPSA) is 70.7 Å². The quantitative estimate of drug-likeness (QED) is 0.604. The Morgan fingerprint density at radius 2 is 1.79 bits per heavy atom. The third kappa shape index (κ3) is 5.85. The van der Waals surface area contributed by atoms with Gasteiger partial charge in [0.15, 0.2) is 0 Å². The number of rotatable bonds is 6. The van der Waals surface area contributed by atoms with Crippen LogP contribution in [0.15, 0.2) is 24.3 Å². The largest absolute Gasteiger partial charge is 0.378 e. The van der Waals surface area contributed by atoms with Crippen LogP contribution >= 0.6 is 0 Å². The van der Waals surface area contributed by atoms with Crippen LogP contribution in [-0.4, -0.2) is 50.7 Å². The Balaban J connectivity index is 1.69. The van der Waals surface area contributed by atoms with Crippen LogP contribution in [-0.2, 0) is 20.7 Å². The first-order valence-electron chi connectivity index (χ1n) is 8.56. The van der Waals surface area contributed by atoms with Crippen LogP contribution in [0.5, 0.6) is 0 Å². The first-order valence-corrected chi connectivity index (χ1v) is 8.56. The van der Waals surface area contributed by atoms with E-state index in [0.717, 1.165) is 39.1 Å². The number of aryl methyl sites for hydroxylation is 1. The van der Waals surface area contributed by atoms with Crippen molar-refractivity contribution in [3.05, 3.63) is 29.8 Å². The summed E-state index contributed by atoms with van der Waals surface area (Å²) in [5.41, 5.74) is 2.45. The lowest BCUT2D eigenvalue weighted by Gasteiger charge is -2.28. The molecule has 0 radical (unpaired) electrons. The number of nitrogens with zero attached hydrogens (tertiary/aromatic N) is 1. The van der Waals surface area contributed by atoms with Crippen LogP contribution in [0.25, 0.3) is 0 Å². The molecular weight excluding hydrogens is 306 g/mol. The molecule has 0 atom stereocenters. The van der Waals surface area contributed by atoms with Crippen LogP contribution in [0.2, 0.25) is 0 Å². The molecule has 2 amide bonds. The summed E-state index contributed by atoms with van der Waals surface area (Å²) in [6, 6.07) is 8.48. The van der Waals surface area contributed by atoms with Gasteiger partial charge in [-0.25, -0.2) is 0 Å². The Morgan fingerprint density at radius 1 is 1.12 bits per heavy atom. The average Bonchev–Trinajstić information content (AvgIpc) is 2.59. The van der Waals surface area contributed by atoms with E-state index in [2.05, 4.69) is 39.8 Å². The van der Waals surface area contributed by atoms with Gasteiger partial charge in [-0.3, -0.25) is 9.59 Å². The van der Waals surface area contributed by atoms with Crippen LogP contribution in [0, 0.1) is 0 Å². The summed E-state index contributed by atoms with van der Waals surface area (Å²) in [4.78, 5) is 25.4. The zero-order valence-corrected chi connectivity index (χ0v) is 14.5. The lowest BCUT2D eigenvalue weighted by Crippen LogP contribution is -2.43. The Labute approximate surface area is 143 Å². The van der Waals surface area contributed by atoms with E-state index in [1.807, 2.05) is 13.8 Å². The highest BCUT2D eigenvalue weighted by Crippen LogP contribution is 2.17. The Bertz CT molecular complexity index is 537. The zero-order chi connectivity index (χ0) is 17.4. The normalized spacial score (nSPS) is 14.5. The van der Waals surface area contributed by atoms with Crippen LogP contribution in [0.3, 0.4) is 0 Å². The highest BCUT2D eigenvalue weighted by atomic mass is 16.5. The molecule has 0 saturated carbocycles. The number of carbonyl (C=O) groups excluding carboxylic acids is 2. The van der Waals surface area contributed by atoms with Crippen molar-refractivity contribution in [2.45, 2.75) is 32.7 Å². The van der Waals surface area contributed by atoms with Crippen molar-refractivity contribution in [3.63, 3.8) is 0 Å². The van der Waals surface area contributed by atoms with Gasteiger partial charge in [0.05, 0.1) is 13.2 Å². The van der Waals surface area contributed by atoms with Gasteiger partial charge in [-0.05, 0) is 44.4 Å².